The minimum atomic E-state index is -0.314. The second-order valence-corrected chi connectivity index (χ2v) is 8.93. The number of thioether (sulfide) groups is 1. The number of carbonyl (C=O) groups is 1. The van der Waals surface area contributed by atoms with Gasteiger partial charge in [0.2, 0.25) is 0 Å². The van der Waals surface area contributed by atoms with Gasteiger partial charge in [-0.2, -0.15) is 0 Å². The van der Waals surface area contributed by atoms with Crippen molar-refractivity contribution in [2.45, 2.75) is 13.5 Å². The van der Waals surface area contributed by atoms with E-state index in [-0.39, 0.29) is 18.3 Å². The van der Waals surface area contributed by atoms with Crippen molar-refractivity contribution >= 4 is 45.4 Å². The second kappa shape index (κ2) is 9.53. The van der Waals surface area contributed by atoms with E-state index in [9.17, 15) is 9.18 Å². The van der Waals surface area contributed by atoms with Crippen LogP contribution in [0.3, 0.4) is 0 Å². The predicted molar refractivity (Wildman–Crippen MR) is 137 cm³/mol. The van der Waals surface area contributed by atoms with Crippen molar-refractivity contribution < 1.29 is 13.9 Å². The normalized spacial score (nSPS) is 15.8. The summed E-state index contributed by atoms with van der Waals surface area (Å²) in [5, 5.41) is 5.32. The van der Waals surface area contributed by atoms with E-state index in [1.165, 1.54) is 17.8 Å². The number of ether oxygens (including phenoxy) is 1. The predicted octanol–water partition coefficient (Wildman–Crippen LogP) is 6.76. The summed E-state index contributed by atoms with van der Waals surface area (Å²) in [5.74, 6) is 0.0431. The average molecular weight is 469 g/mol. The van der Waals surface area contributed by atoms with Crippen molar-refractivity contribution in [3.63, 3.8) is 0 Å². The first-order chi connectivity index (χ1) is 16.6. The van der Waals surface area contributed by atoms with Gasteiger partial charge in [0.25, 0.3) is 5.91 Å². The van der Waals surface area contributed by atoms with Crippen LogP contribution >= 0.6 is 11.8 Å². The summed E-state index contributed by atoms with van der Waals surface area (Å²) in [7, 11) is 0. The fraction of sp³-hybridized carbons (Fsp3) is 0.0714. The topological polar surface area (TPSA) is 50.7 Å². The van der Waals surface area contributed by atoms with Crippen molar-refractivity contribution in [2.75, 3.05) is 0 Å². The number of amides is 1. The lowest BCUT2D eigenvalue weighted by atomic mass is 10.0. The molecule has 0 saturated carbocycles. The molecule has 1 saturated heterocycles. The van der Waals surface area contributed by atoms with Gasteiger partial charge in [0.05, 0.1) is 10.6 Å². The lowest BCUT2D eigenvalue weighted by molar-refractivity contribution is -0.115. The standard InChI is InChI=1S/C28H21FN2O2S/c1-18-10-13-21(14-11-18)30-28-31-27(32)26(34-28)16-23-22-8-4-2-6-19(22)12-15-25(23)33-17-20-7-3-5-9-24(20)29/h2-16H,17H2,1H3,(H,30,31,32)/b26-16-. The molecule has 1 aliphatic rings. The number of benzene rings is 4. The maximum absolute atomic E-state index is 14.1. The molecule has 4 aromatic rings. The first kappa shape index (κ1) is 21.9. The third-order valence-electron chi connectivity index (χ3n) is 5.46. The molecule has 1 fully saturated rings. The van der Waals surface area contributed by atoms with Crippen LogP contribution in [0.4, 0.5) is 10.1 Å². The first-order valence-electron chi connectivity index (χ1n) is 10.8. The molecule has 4 nitrogen and oxygen atoms in total. The van der Waals surface area contributed by atoms with Crippen LogP contribution in [0.15, 0.2) is 94.8 Å². The van der Waals surface area contributed by atoms with Gasteiger partial charge in [-0.15, -0.1) is 0 Å². The molecule has 0 unspecified atom stereocenters. The molecular weight excluding hydrogens is 447 g/mol. The summed E-state index contributed by atoms with van der Waals surface area (Å²) in [6, 6.07) is 26.0. The number of hydrogen-bond acceptors (Lipinski definition) is 4. The molecule has 0 atom stereocenters. The van der Waals surface area contributed by atoms with Gasteiger partial charge < -0.3 is 10.1 Å². The lowest BCUT2D eigenvalue weighted by Gasteiger charge is -2.13. The van der Waals surface area contributed by atoms with E-state index >= 15 is 0 Å². The number of aryl methyl sites for hydroxylation is 1. The van der Waals surface area contributed by atoms with E-state index in [1.807, 2.05) is 73.7 Å². The van der Waals surface area contributed by atoms with Gasteiger partial charge in [-0.05, 0) is 59.8 Å². The Kier molecular flexibility index (Phi) is 6.14. The zero-order valence-electron chi connectivity index (χ0n) is 18.4. The van der Waals surface area contributed by atoms with Gasteiger partial charge in [0, 0.05) is 11.1 Å². The Hall–Kier alpha value is -3.90. The monoisotopic (exact) mass is 468 g/mol. The second-order valence-electron chi connectivity index (χ2n) is 7.90. The van der Waals surface area contributed by atoms with E-state index in [2.05, 4.69) is 10.3 Å². The van der Waals surface area contributed by atoms with Gasteiger partial charge in [-0.25, -0.2) is 9.38 Å². The van der Waals surface area contributed by atoms with Crippen LogP contribution in [0.1, 0.15) is 16.7 Å². The summed E-state index contributed by atoms with van der Waals surface area (Å²) in [6.07, 6.45) is 1.82. The lowest BCUT2D eigenvalue weighted by Crippen LogP contribution is -2.19. The SMILES string of the molecule is Cc1ccc(N=C2NC(=O)/C(=C/c3c(OCc4ccccc4F)ccc4ccccc34)S2)cc1. The molecule has 0 aromatic heterocycles. The first-order valence-corrected chi connectivity index (χ1v) is 11.6. The molecule has 6 heteroatoms. The van der Waals surface area contributed by atoms with Crippen LogP contribution in [0.5, 0.6) is 5.75 Å². The fourth-order valence-corrected chi connectivity index (χ4v) is 4.49. The molecule has 0 aliphatic carbocycles. The number of nitrogens with one attached hydrogen (secondary N) is 1. The highest BCUT2D eigenvalue weighted by Crippen LogP contribution is 2.35. The Morgan fingerprint density at radius 3 is 2.56 bits per heavy atom. The zero-order valence-corrected chi connectivity index (χ0v) is 19.2. The third-order valence-corrected chi connectivity index (χ3v) is 6.37. The van der Waals surface area contributed by atoms with Crippen LogP contribution in [-0.2, 0) is 11.4 Å². The number of halogens is 1. The quantitative estimate of drug-likeness (QED) is 0.329. The highest BCUT2D eigenvalue weighted by molar-refractivity contribution is 8.18. The molecule has 1 heterocycles. The van der Waals surface area contributed by atoms with Crippen LogP contribution < -0.4 is 10.1 Å². The number of carbonyl (C=O) groups excluding carboxylic acids is 1. The molecule has 1 N–H and O–H groups in total. The van der Waals surface area contributed by atoms with Gasteiger partial charge >= 0.3 is 0 Å². The van der Waals surface area contributed by atoms with E-state index < -0.39 is 0 Å². The molecule has 168 valence electrons. The average Bonchev–Trinajstić information content (AvgIpc) is 3.19. The Morgan fingerprint density at radius 2 is 1.74 bits per heavy atom. The summed E-state index contributed by atoms with van der Waals surface area (Å²) >= 11 is 1.28. The molecule has 0 radical (unpaired) electrons. The Morgan fingerprint density at radius 1 is 0.971 bits per heavy atom. The number of amidine groups is 1. The maximum Gasteiger partial charge on any atom is 0.264 e. The van der Waals surface area contributed by atoms with Crippen molar-refractivity contribution in [3.05, 3.63) is 112 Å². The van der Waals surface area contributed by atoms with E-state index in [4.69, 9.17) is 4.74 Å². The maximum atomic E-state index is 14.1. The minimum absolute atomic E-state index is 0.0840. The Balaban J connectivity index is 1.49. The number of hydrogen-bond donors (Lipinski definition) is 1. The van der Waals surface area contributed by atoms with Gasteiger partial charge in [-0.1, -0.05) is 66.2 Å². The largest absolute Gasteiger partial charge is 0.488 e. The molecule has 4 aromatic carbocycles. The highest BCUT2D eigenvalue weighted by Gasteiger charge is 2.25. The Bertz CT molecular complexity index is 1440. The summed E-state index contributed by atoms with van der Waals surface area (Å²) < 4.78 is 20.1. The van der Waals surface area contributed by atoms with Crippen molar-refractivity contribution in [2.24, 2.45) is 4.99 Å². The summed E-state index contributed by atoms with van der Waals surface area (Å²) in [6.45, 7) is 2.10. The van der Waals surface area contributed by atoms with Crippen molar-refractivity contribution in [3.8, 4) is 5.75 Å². The molecular formula is C28H21FN2O2S. The van der Waals surface area contributed by atoms with Crippen LogP contribution in [0.25, 0.3) is 16.8 Å². The Labute approximate surface area is 201 Å². The molecule has 0 spiro atoms. The van der Waals surface area contributed by atoms with Crippen LogP contribution in [0.2, 0.25) is 0 Å². The number of rotatable bonds is 5. The third kappa shape index (κ3) is 4.72. The molecule has 1 amide bonds. The smallest absolute Gasteiger partial charge is 0.264 e. The number of nitrogens with zero attached hydrogens (tertiary/aromatic N) is 1. The van der Waals surface area contributed by atoms with Crippen LogP contribution in [-0.4, -0.2) is 11.1 Å². The van der Waals surface area contributed by atoms with Gasteiger partial charge in [0.15, 0.2) is 5.17 Å². The molecule has 1 aliphatic heterocycles. The fourth-order valence-electron chi connectivity index (χ4n) is 3.67. The van der Waals surface area contributed by atoms with Crippen molar-refractivity contribution in [1.82, 2.24) is 5.32 Å². The highest BCUT2D eigenvalue weighted by atomic mass is 32.2. The zero-order chi connectivity index (χ0) is 23.5. The number of fused-ring (bicyclic) bond motifs is 1. The van der Waals surface area contributed by atoms with Gasteiger partial charge in [-0.3, -0.25) is 4.79 Å². The van der Waals surface area contributed by atoms with E-state index in [0.29, 0.717) is 21.4 Å². The van der Waals surface area contributed by atoms with E-state index in [1.54, 1.807) is 18.2 Å². The summed E-state index contributed by atoms with van der Waals surface area (Å²) in [4.78, 5) is 17.8. The minimum Gasteiger partial charge on any atom is -0.488 e. The van der Waals surface area contributed by atoms with E-state index in [0.717, 1.165) is 27.6 Å². The molecule has 34 heavy (non-hydrogen) atoms. The number of aliphatic imine (C=N–C) groups is 1. The van der Waals surface area contributed by atoms with Gasteiger partial charge in [0.1, 0.15) is 18.2 Å². The summed E-state index contributed by atoms with van der Waals surface area (Å²) in [5.41, 5.74) is 3.15. The molecule has 0 bridgehead atoms. The van der Waals surface area contributed by atoms with Crippen molar-refractivity contribution in [1.29, 1.82) is 0 Å². The van der Waals surface area contributed by atoms with Crippen LogP contribution in [0, 0.1) is 12.7 Å². The molecule has 5 rings (SSSR count).